The molecule has 0 radical (unpaired) electrons. The van der Waals surface area contributed by atoms with Crippen LogP contribution < -0.4 is 5.73 Å². The maximum Gasteiger partial charge on any atom is 0.256 e. The topological polar surface area (TPSA) is 55.6 Å². The minimum absolute atomic E-state index is 0.0129. The molecule has 1 aliphatic carbocycles. The van der Waals surface area contributed by atoms with E-state index in [2.05, 4.69) is 6.92 Å². The van der Waals surface area contributed by atoms with Gasteiger partial charge in [-0.2, -0.15) is 0 Å². The standard InChI is InChI=1S/C16H24N2O2/c1-11-4-7-14(15(17)10-11)16(19)18(8-9-20-3)12(2)13-5-6-13/h4,7,10,12-13H,5-6,8-9,17H2,1-3H3. The fourth-order valence-electron chi connectivity index (χ4n) is 2.54. The average molecular weight is 276 g/mol. The van der Waals surface area contributed by atoms with E-state index in [4.69, 9.17) is 10.5 Å². The molecule has 1 aromatic carbocycles. The molecule has 4 nitrogen and oxygen atoms in total. The normalized spacial score (nSPS) is 15.9. The highest BCUT2D eigenvalue weighted by molar-refractivity contribution is 5.99. The summed E-state index contributed by atoms with van der Waals surface area (Å²) < 4.78 is 5.13. The van der Waals surface area contributed by atoms with Gasteiger partial charge < -0.3 is 15.4 Å². The molecule has 20 heavy (non-hydrogen) atoms. The summed E-state index contributed by atoms with van der Waals surface area (Å²) in [7, 11) is 1.66. The van der Waals surface area contributed by atoms with E-state index in [-0.39, 0.29) is 11.9 Å². The third-order valence-electron chi connectivity index (χ3n) is 4.03. The molecule has 2 N–H and O–H groups in total. The molecule has 1 fully saturated rings. The number of nitrogens with two attached hydrogens (primary N) is 1. The number of aryl methyl sites for hydroxylation is 1. The Balaban J connectivity index is 2.20. The van der Waals surface area contributed by atoms with Crippen molar-refractivity contribution in [2.75, 3.05) is 26.0 Å². The molecule has 1 saturated carbocycles. The van der Waals surface area contributed by atoms with Gasteiger partial charge in [0.2, 0.25) is 0 Å². The molecule has 0 aliphatic heterocycles. The summed E-state index contributed by atoms with van der Waals surface area (Å²) in [6.07, 6.45) is 2.42. The highest BCUT2D eigenvalue weighted by Crippen LogP contribution is 2.35. The van der Waals surface area contributed by atoms with Gasteiger partial charge >= 0.3 is 0 Å². The molecule has 110 valence electrons. The Morgan fingerprint density at radius 1 is 1.50 bits per heavy atom. The third kappa shape index (κ3) is 3.31. The lowest BCUT2D eigenvalue weighted by atomic mass is 10.1. The van der Waals surface area contributed by atoms with Gasteiger partial charge in [0.05, 0.1) is 12.2 Å². The number of hydrogen-bond acceptors (Lipinski definition) is 3. The second kappa shape index (κ2) is 6.27. The first-order valence-electron chi connectivity index (χ1n) is 7.20. The van der Waals surface area contributed by atoms with Gasteiger partial charge in [0.15, 0.2) is 0 Å². The molecule has 2 rings (SSSR count). The Labute approximate surface area is 120 Å². The molecule has 1 amide bonds. The predicted octanol–water partition coefficient (Wildman–Crippen LogP) is 2.46. The molecular formula is C16H24N2O2. The summed E-state index contributed by atoms with van der Waals surface area (Å²) in [5.41, 5.74) is 8.22. The van der Waals surface area contributed by atoms with E-state index in [0.29, 0.717) is 30.3 Å². The van der Waals surface area contributed by atoms with Gasteiger partial charge in [-0.1, -0.05) is 6.07 Å². The number of hydrogen-bond donors (Lipinski definition) is 1. The summed E-state index contributed by atoms with van der Waals surface area (Å²) in [4.78, 5) is 14.7. The van der Waals surface area contributed by atoms with Crippen LogP contribution in [-0.2, 0) is 4.74 Å². The fraction of sp³-hybridized carbons (Fsp3) is 0.562. The zero-order valence-electron chi connectivity index (χ0n) is 12.6. The smallest absolute Gasteiger partial charge is 0.256 e. The van der Waals surface area contributed by atoms with Crippen molar-refractivity contribution in [3.8, 4) is 0 Å². The molecule has 1 aliphatic rings. The molecule has 1 aromatic rings. The van der Waals surface area contributed by atoms with Gasteiger partial charge in [0.25, 0.3) is 5.91 Å². The molecule has 0 aromatic heterocycles. The number of carbonyl (C=O) groups excluding carboxylic acids is 1. The molecule has 0 spiro atoms. The first kappa shape index (κ1) is 14.9. The highest BCUT2D eigenvalue weighted by Gasteiger charge is 2.34. The number of anilines is 1. The summed E-state index contributed by atoms with van der Waals surface area (Å²) in [5.74, 6) is 0.640. The predicted molar refractivity (Wildman–Crippen MR) is 80.7 cm³/mol. The van der Waals surface area contributed by atoms with E-state index in [0.717, 1.165) is 5.56 Å². The molecule has 0 bridgehead atoms. The summed E-state index contributed by atoms with van der Waals surface area (Å²) in [6, 6.07) is 5.86. The number of amides is 1. The van der Waals surface area contributed by atoms with Crippen molar-refractivity contribution in [3.63, 3.8) is 0 Å². The van der Waals surface area contributed by atoms with Crippen LogP contribution >= 0.6 is 0 Å². The highest BCUT2D eigenvalue weighted by atomic mass is 16.5. The lowest BCUT2D eigenvalue weighted by molar-refractivity contribution is 0.0595. The Kier molecular flexibility index (Phi) is 4.65. The van der Waals surface area contributed by atoms with E-state index >= 15 is 0 Å². The van der Waals surface area contributed by atoms with Crippen LogP contribution in [0.5, 0.6) is 0 Å². The fourth-order valence-corrected chi connectivity index (χ4v) is 2.54. The second-order valence-electron chi connectivity index (χ2n) is 5.66. The number of carbonyl (C=O) groups is 1. The maximum atomic E-state index is 12.7. The number of benzene rings is 1. The lowest BCUT2D eigenvalue weighted by Gasteiger charge is -2.29. The van der Waals surface area contributed by atoms with Crippen LogP contribution in [0.25, 0.3) is 0 Å². The zero-order chi connectivity index (χ0) is 14.7. The number of methoxy groups -OCH3 is 1. The lowest BCUT2D eigenvalue weighted by Crippen LogP contribution is -2.42. The van der Waals surface area contributed by atoms with Crippen molar-refractivity contribution in [2.24, 2.45) is 5.92 Å². The summed E-state index contributed by atoms with van der Waals surface area (Å²) >= 11 is 0. The molecule has 0 heterocycles. The van der Waals surface area contributed by atoms with Crippen molar-refractivity contribution in [1.29, 1.82) is 0 Å². The number of ether oxygens (including phenoxy) is 1. The number of rotatable bonds is 6. The maximum absolute atomic E-state index is 12.7. The first-order chi connectivity index (χ1) is 9.54. The van der Waals surface area contributed by atoms with Crippen molar-refractivity contribution in [1.82, 2.24) is 4.90 Å². The SMILES string of the molecule is COCCN(C(=O)c1ccc(C)cc1N)C(C)C1CC1. The van der Waals surface area contributed by atoms with Crippen LogP contribution in [0.3, 0.4) is 0 Å². The zero-order valence-corrected chi connectivity index (χ0v) is 12.6. The van der Waals surface area contributed by atoms with Crippen LogP contribution in [-0.4, -0.2) is 37.1 Å². The van der Waals surface area contributed by atoms with Crippen LogP contribution in [0.1, 0.15) is 35.7 Å². The van der Waals surface area contributed by atoms with E-state index in [1.54, 1.807) is 7.11 Å². The van der Waals surface area contributed by atoms with Gasteiger partial charge in [-0.15, -0.1) is 0 Å². The monoisotopic (exact) mass is 276 g/mol. The van der Waals surface area contributed by atoms with E-state index in [9.17, 15) is 4.79 Å². The Hall–Kier alpha value is -1.55. The van der Waals surface area contributed by atoms with Crippen LogP contribution in [0, 0.1) is 12.8 Å². The quantitative estimate of drug-likeness (QED) is 0.812. The Morgan fingerprint density at radius 2 is 2.20 bits per heavy atom. The van der Waals surface area contributed by atoms with Gasteiger partial charge in [0.1, 0.15) is 0 Å². The summed E-state index contributed by atoms with van der Waals surface area (Å²) in [5, 5.41) is 0. The Bertz CT molecular complexity index is 483. The van der Waals surface area contributed by atoms with Crippen LogP contribution in [0.2, 0.25) is 0 Å². The molecule has 4 heteroatoms. The molecule has 0 saturated heterocycles. The third-order valence-corrected chi connectivity index (χ3v) is 4.03. The van der Waals surface area contributed by atoms with E-state index in [1.165, 1.54) is 12.8 Å². The van der Waals surface area contributed by atoms with Crippen molar-refractivity contribution in [2.45, 2.75) is 32.7 Å². The Morgan fingerprint density at radius 3 is 2.75 bits per heavy atom. The summed E-state index contributed by atoms with van der Waals surface area (Å²) in [6.45, 7) is 5.25. The molecular weight excluding hydrogens is 252 g/mol. The largest absolute Gasteiger partial charge is 0.398 e. The van der Waals surface area contributed by atoms with Gasteiger partial charge in [-0.05, 0) is 50.3 Å². The average Bonchev–Trinajstić information content (AvgIpc) is 3.22. The van der Waals surface area contributed by atoms with Gasteiger partial charge in [-0.3, -0.25) is 4.79 Å². The van der Waals surface area contributed by atoms with Gasteiger partial charge in [0, 0.05) is 25.4 Å². The van der Waals surface area contributed by atoms with Crippen molar-refractivity contribution in [3.05, 3.63) is 29.3 Å². The van der Waals surface area contributed by atoms with Crippen LogP contribution in [0.15, 0.2) is 18.2 Å². The number of nitrogen functional groups attached to an aromatic ring is 1. The van der Waals surface area contributed by atoms with Crippen LogP contribution in [0.4, 0.5) is 5.69 Å². The number of nitrogens with zero attached hydrogens (tertiary/aromatic N) is 1. The van der Waals surface area contributed by atoms with Gasteiger partial charge in [-0.25, -0.2) is 0 Å². The van der Waals surface area contributed by atoms with E-state index in [1.807, 2.05) is 30.0 Å². The first-order valence-corrected chi connectivity index (χ1v) is 7.20. The van der Waals surface area contributed by atoms with E-state index < -0.39 is 0 Å². The minimum Gasteiger partial charge on any atom is -0.398 e. The minimum atomic E-state index is 0.0129. The van der Waals surface area contributed by atoms with Crippen molar-refractivity contribution >= 4 is 11.6 Å². The second-order valence-corrected chi connectivity index (χ2v) is 5.66. The van der Waals surface area contributed by atoms with Crippen molar-refractivity contribution < 1.29 is 9.53 Å². The molecule has 1 unspecified atom stereocenters. The molecule has 1 atom stereocenters.